The van der Waals surface area contributed by atoms with Crippen molar-refractivity contribution in [3.8, 4) is 11.1 Å². The van der Waals surface area contributed by atoms with Crippen LogP contribution in [0.15, 0.2) is 94.7 Å². The maximum atomic E-state index is 13.0. The van der Waals surface area contributed by atoms with Gasteiger partial charge in [0.2, 0.25) is 0 Å². The van der Waals surface area contributed by atoms with E-state index >= 15 is 0 Å². The average molecular weight is 435 g/mol. The van der Waals surface area contributed by atoms with Gasteiger partial charge in [-0.2, -0.15) is 13.2 Å². The van der Waals surface area contributed by atoms with Crippen LogP contribution in [-0.2, 0) is 0 Å². The molecule has 0 aliphatic carbocycles. The fraction of sp³-hybridized carbons (Fsp3) is 0.0800. The Bertz CT molecular complexity index is 1280. The molecule has 0 aromatic heterocycles. The van der Waals surface area contributed by atoms with Crippen LogP contribution < -0.4 is 4.90 Å². The van der Waals surface area contributed by atoms with E-state index < -0.39 is 18.6 Å². The molecule has 0 N–H and O–H groups in total. The second-order valence-electron chi connectivity index (χ2n) is 7.31. The Morgan fingerprint density at radius 2 is 1.45 bits per heavy atom. The quantitative estimate of drug-likeness (QED) is 0.338. The van der Waals surface area contributed by atoms with Crippen molar-refractivity contribution in [3.63, 3.8) is 0 Å². The highest BCUT2D eigenvalue weighted by atomic mass is 32.2. The highest BCUT2D eigenvalue weighted by molar-refractivity contribution is 7.99. The number of carbonyl (C=O) groups is 1. The van der Waals surface area contributed by atoms with Crippen LogP contribution in [0.3, 0.4) is 0 Å². The minimum absolute atomic E-state index is 0.313. The largest absolute Gasteiger partial charge is 0.406 e. The zero-order valence-corrected chi connectivity index (χ0v) is 17.0. The average Bonchev–Trinajstić information content (AvgIpc) is 3.02. The van der Waals surface area contributed by atoms with Crippen molar-refractivity contribution in [1.29, 1.82) is 0 Å². The molecule has 6 heteroatoms. The van der Waals surface area contributed by atoms with E-state index in [4.69, 9.17) is 0 Å². The van der Waals surface area contributed by atoms with Gasteiger partial charge in [-0.25, -0.2) is 0 Å². The third-order valence-electron chi connectivity index (χ3n) is 5.27. The van der Waals surface area contributed by atoms with Gasteiger partial charge in [-0.3, -0.25) is 9.69 Å². The number of hydrogen-bond donors (Lipinski definition) is 0. The lowest BCUT2D eigenvalue weighted by molar-refractivity contribution is -0.118. The van der Waals surface area contributed by atoms with E-state index in [1.807, 2.05) is 60.7 Å². The van der Waals surface area contributed by atoms with Gasteiger partial charge in [0.05, 0.1) is 5.69 Å². The highest BCUT2D eigenvalue weighted by Gasteiger charge is 2.39. The molecule has 0 saturated carbocycles. The lowest BCUT2D eigenvalue weighted by Gasteiger charge is -2.19. The van der Waals surface area contributed by atoms with Crippen molar-refractivity contribution in [2.75, 3.05) is 11.4 Å². The molecule has 4 aromatic rings. The molecule has 0 spiro atoms. The molecule has 1 heterocycles. The van der Waals surface area contributed by atoms with E-state index in [1.165, 1.54) is 0 Å². The first-order valence-electron chi connectivity index (χ1n) is 9.68. The van der Waals surface area contributed by atoms with Crippen LogP contribution in [0, 0.1) is 0 Å². The van der Waals surface area contributed by atoms with Crippen molar-refractivity contribution >= 4 is 34.1 Å². The monoisotopic (exact) mass is 435 g/mol. The fourth-order valence-electron chi connectivity index (χ4n) is 3.96. The zero-order chi connectivity index (χ0) is 21.6. The molecule has 4 aromatic carbocycles. The van der Waals surface area contributed by atoms with Crippen molar-refractivity contribution in [2.24, 2.45) is 0 Å². The molecular weight excluding hydrogens is 419 g/mol. The number of alkyl halides is 3. The standard InChI is InChI=1S/C25H16F3NOS/c26-25(27,28)15-29-22-14-13-19(20-7-4-8-21(23(20)22)24(29)30)16-9-11-18(12-10-16)31-17-5-2-1-3-6-17/h1-14H,15H2. The highest BCUT2D eigenvalue weighted by Crippen LogP contribution is 2.43. The first-order chi connectivity index (χ1) is 14.9. The third-order valence-corrected chi connectivity index (χ3v) is 6.28. The Morgan fingerprint density at radius 3 is 2.16 bits per heavy atom. The van der Waals surface area contributed by atoms with E-state index in [0.717, 1.165) is 31.2 Å². The number of rotatable bonds is 4. The lowest BCUT2D eigenvalue weighted by Crippen LogP contribution is -2.36. The van der Waals surface area contributed by atoms with Gasteiger partial charge >= 0.3 is 6.18 Å². The molecule has 0 radical (unpaired) electrons. The summed E-state index contributed by atoms with van der Waals surface area (Å²) in [6.07, 6.45) is -4.46. The van der Waals surface area contributed by atoms with E-state index in [2.05, 4.69) is 0 Å². The predicted molar refractivity (Wildman–Crippen MR) is 118 cm³/mol. The molecule has 5 rings (SSSR count). The lowest BCUT2D eigenvalue weighted by atomic mass is 9.96. The summed E-state index contributed by atoms with van der Waals surface area (Å²) in [5.41, 5.74) is 2.46. The van der Waals surface area contributed by atoms with Gasteiger partial charge in [-0.05, 0) is 52.9 Å². The smallest absolute Gasteiger partial charge is 0.299 e. The normalized spacial score (nSPS) is 13.3. The van der Waals surface area contributed by atoms with Gasteiger partial charge in [0, 0.05) is 20.7 Å². The number of halogens is 3. The number of anilines is 1. The van der Waals surface area contributed by atoms with Crippen molar-refractivity contribution in [3.05, 3.63) is 90.5 Å². The third kappa shape index (κ3) is 3.68. The maximum Gasteiger partial charge on any atom is 0.406 e. The molecular formula is C25H16F3NOS. The number of benzene rings is 4. The topological polar surface area (TPSA) is 20.3 Å². The Morgan fingerprint density at radius 1 is 0.742 bits per heavy atom. The summed E-state index contributed by atoms with van der Waals surface area (Å²) in [4.78, 5) is 15.7. The maximum absolute atomic E-state index is 13.0. The van der Waals surface area contributed by atoms with Gasteiger partial charge in [0.1, 0.15) is 6.54 Å². The predicted octanol–water partition coefficient (Wildman–Crippen LogP) is 7.18. The second kappa shape index (κ2) is 7.46. The summed E-state index contributed by atoms with van der Waals surface area (Å²) < 4.78 is 39.1. The van der Waals surface area contributed by atoms with Crippen LogP contribution in [0.4, 0.5) is 18.9 Å². The Kier molecular flexibility index (Phi) is 4.74. The van der Waals surface area contributed by atoms with E-state index in [0.29, 0.717) is 16.6 Å². The van der Waals surface area contributed by atoms with Gasteiger partial charge in [0.15, 0.2) is 0 Å². The zero-order valence-electron chi connectivity index (χ0n) is 16.2. The van der Waals surface area contributed by atoms with E-state index in [-0.39, 0.29) is 0 Å². The summed E-state index contributed by atoms with van der Waals surface area (Å²) in [5, 5.41) is 1.36. The first-order valence-corrected chi connectivity index (χ1v) is 10.5. The van der Waals surface area contributed by atoms with Crippen LogP contribution in [0.25, 0.3) is 21.9 Å². The molecule has 0 unspecified atom stereocenters. The minimum Gasteiger partial charge on any atom is -0.299 e. The molecule has 2 nitrogen and oxygen atoms in total. The molecule has 1 amide bonds. The van der Waals surface area contributed by atoms with Crippen LogP contribution in [-0.4, -0.2) is 18.6 Å². The summed E-state index contributed by atoms with van der Waals surface area (Å²) >= 11 is 1.66. The molecule has 1 aliphatic rings. The SMILES string of the molecule is O=C1c2cccc3c(-c4ccc(Sc5ccccc5)cc4)ccc(c23)N1CC(F)(F)F. The number of nitrogens with zero attached hydrogens (tertiary/aromatic N) is 1. The van der Waals surface area contributed by atoms with E-state index in [9.17, 15) is 18.0 Å². The van der Waals surface area contributed by atoms with Crippen LogP contribution in [0.1, 0.15) is 10.4 Å². The van der Waals surface area contributed by atoms with Gasteiger partial charge < -0.3 is 0 Å². The Labute approximate surface area is 181 Å². The number of amides is 1. The second-order valence-corrected chi connectivity index (χ2v) is 8.45. The molecule has 1 aliphatic heterocycles. The van der Waals surface area contributed by atoms with Gasteiger partial charge in [0.25, 0.3) is 5.91 Å². The molecule has 31 heavy (non-hydrogen) atoms. The van der Waals surface area contributed by atoms with Crippen molar-refractivity contribution < 1.29 is 18.0 Å². The van der Waals surface area contributed by atoms with Crippen LogP contribution >= 0.6 is 11.8 Å². The summed E-state index contributed by atoms with van der Waals surface area (Å²) in [5.74, 6) is -0.607. The van der Waals surface area contributed by atoms with Gasteiger partial charge in [-0.15, -0.1) is 0 Å². The Hall–Kier alpha value is -3.25. The fourth-order valence-corrected chi connectivity index (χ4v) is 4.80. The van der Waals surface area contributed by atoms with Crippen molar-refractivity contribution in [1.82, 2.24) is 0 Å². The molecule has 0 fully saturated rings. The molecule has 0 saturated heterocycles. The van der Waals surface area contributed by atoms with Gasteiger partial charge in [-0.1, -0.05) is 60.3 Å². The first kappa shape index (κ1) is 19.7. The molecule has 0 bridgehead atoms. The number of hydrogen-bond acceptors (Lipinski definition) is 2. The summed E-state index contributed by atoms with van der Waals surface area (Å²) in [6, 6.07) is 26.7. The van der Waals surface area contributed by atoms with Crippen molar-refractivity contribution in [2.45, 2.75) is 16.0 Å². The van der Waals surface area contributed by atoms with Crippen LogP contribution in [0.5, 0.6) is 0 Å². The Balaban J connectivity index is 1.53. The molecule has 154 valence electrons. The molecule has 0 atom stereocenters. The van der Waals surface area contributed by atoms with Crippen LogP contribution in [0.2, 0.25) is 0 Å². The van der Waals surface area contributed by atoms with E-state index in [1.54, 1.807) is 36.0 Å². The summed E-state index contributed by atoms with van der Waals surface area (Å²) in [7, 11) is 0. The summed E-state index contributed by atoms with van der Waals surface area (Å²) in [6.45, 7) is -1.29. The number of carbonyl (C=O) groups excluding carboxylic acids is 1. The minimum atomic E-state index is -4.46.